The molecule has 2 aliphatic rings. The average Bonchev–Trinajstić information content (AvgIpc) is 3.17. The van der Waals surface area contributed by atoms with E-state index in [1.165, 1.54) is 4.90 Å². The lowest BCUT2D eigenvalue weighted by molar-refractivity contribution is -0.167. The maximum Gasteiger partial charge on any atom is 0.255 e. The molecule has 7 heteroatoms. The van der Waals surface area contributed by atoms with Crippen molar-refractivity contribution < 1.29 is 19.4 Å². The second-order valence-electron chi connectivity index (χ2n) is 8.37. The number of β-amino-alcohol motifs (C(OH)–C–C–N with tert-alkyl or cyclic N) is 1. The Balaban J connectivity index is 1.54. The van der Waals surface area contributed by atoms with Crippen LogP contribution in [0, 0.1) is 0 Å². The number of rotatable bonds is 4. The van der Waals surface area contributed by atoms with Crippen molar-refractivity contribution in [2.75, 3.05) is 26.7 Å². The lowest BCUT2D eigenvalue weighted by Crippen LogP contribution is -2.67. The van der Waals surface area contributed by atoms with Crippen LogP contribution in [0.5, 0.6) is 5.75 Å². The van der Waals surface area contributed by atoms with E-state index >= 15 is 0 Å². The molecule has 1 fully saturated rings. The highest BCUT2D eigenvalue weighted by Crippen LogP contribution is 2.42. The SMILES string of the molecule is COc1ccc2[nH]c3c(c2c1)CCN1C(=O)CN(C[C@H](O)c2ccccc2)C(=O)[C@@]31C. The van der Waals surface area contributed by atoms with Gasteiger partial charge in [-0.15, -0.1) is 0 Å². The van der Waals surface area contributed by atoms with Crippen LogP contribution in [0.3, 0.4) is 0 Å². The number of piperazine rings is 1. The van der Waals surface area contributed by atoms with Gasteiger partial charge in [-0.2, -0.15) is 0 Å². The molecule has 160 valence electrons. The van der Waals surface area contributed by atoms with Gasteiger partial charge < -0.3 is 24.6 Å². The van der Waals surface area contributed by atoms with Gasteiger partial charge >= 0.3 is 0 Å². The highest BCUT2D eigenvalue weighted by molar-refractivity contribution is 6.00. The zero-order valence-electron chi connectivity index (χ0n) is 17.6. The number of H-pyrrole nitrogens is 1. The summed E-state index contributed by atoms with van der Waals surface area (Å²) in [6.07, 6.45) is -0.188. The van der Waals surface area contributed by atoms with Crippen LogP contribution in [0.4, 0.5) is 0 Å². The Hall–Kier alpha value is -3.32. The fourth-order valence-electron chi connectivity index (χ4n) is 4.97. The van der Waals surface area contributed by atoms with Crippen LogP contribution in [0.2, 0.25) is 0 Å². The maximum atomic E-state index is 13.7. The molecule has 0 bridgehead atoms. The molecule has 0 aliphatic carbocycles. The van der Waals surface area contributed by atoms with E-state index in [4.69, 9.17) is 4.74 Å². The second kappa shape index (κ2) is 7.13. The Morgan fingerprint density at radius 3 is 2.71 bits per heavy atom. The molecule has 7 nitrogen and oxygen atoms in total. The number of nitrogens with zero attached hydrogens (tertiary/aromatic N) is 2. The number of fused-ring (bicyclic) bond motifs is 5. The van der Waals surface area contributed by atoms with Crippen LogP contribution in [0.25, 0.3) is 10.9 Å². The van der Waals surface area contributed by atoms with E-state index in [2.05, 4.69) is 4.98 Å². The summed E-state index contributed by atoms with van der Waals surface area (Å²) >= 11 is 0. The number of ether oxygens (including phenoxy) is 1. The lowest BCUT2D eigenvalue weighted by atomic mass is 9.83. The van der Waals surface area contributed by atoms with Gasteiger partial charge in [-0.05, 0) is 42.7 Å². The normalized spacial score (nSPS) is 21.8. The van der Waals surface area contributed by atoms with Crippen molar-refractivity contribution in [3.05, 3.63) is 65.4 Å². The average molecular weight is 419 g/mol. The Kier molecular flexibility index (Phi) is 4.51. The molecular formula is C24H25N3O4. The van der Waals surface area contributed by atoms with Crippen LogP contribution >= 0.6 is 0 Å². The first kappa shape index (κ1) is 19.6. The Morgan fingerprint density at radius 1 is 1.19 bits per heavy atom. The number of benzene rings is 2. The van der Waals surface area contributed by atoms with Crippen molar-refractivity contribution in [2.45, 2.75) is 25.0 Å². The minimum Gasteiger partial charge on any atom is -0.497 e. The highest BCUT2D eigenvalue weighted by atomic mass is 16.5. The molecule has 2 amide bonds. The molecule has 0 saturated carbocycles. The van der Waals surface area contributed by atoms with E-state index in [0.717, 1.165) is 33.5 Å². The van der Waals surface area contributed by atoms with Crippen molar-refractivity contribution in [2.24, 2.45) is 0 Å². The number of aromatic amines is 1. The number of methoxy groups -OCH3 is 1. The van der Waals surface area contributed by atoms with E-state index in [9.17, 15) is 14.7 Å². The van der Waals surface area contributed by atoms with E-state index in [1.807, 2.05) is 48.5 Å². The number of nitrogens with one attached hydrogen (secondary N) is 1. The van der Waals surface area contributed by atoms with E-state index in [1.54, 1.807) is 18.9 Å². The zero-order chi connectivity index (χ0) is 21.8. The van der Waals surface area contributed by atoms with Gasteiger partial charge in [-0.1, -0.05) is 30.3 Å². The van der Waals surface area contributed by atoms with Gasteiger partial charge in [0.25, 0.3) is 5.91 Å². The van der Waals surface area contributed by atoms with Gasteiger partial charge in [0.05, 0.1) is 32.0 Å². The molecule has 2 N–H and O–H groups in total. The van der Waals surface area contributed by atoms with Gasteiger partial charge in [-0.25, -0.2) is 0 Å². The summed E-state index contributed by atoms with van der Waals surface area (Å²) in [5.41, 5.74) is 2.29. The monoisotopic (exact) mass is 419 g/mol. The first-order valence-corrected chi connectivity index (χ1v) is 10.5. The first-order chi connectivity index (χ1) is 14.9. The second-order valence-corrected chi connectivity index (χ2v) is 8.37. The van der Waals surface area contributed by atoms with Gasteiger partial charge in [0, 0.05) is 17.4 Å². The van der Waals surface area contributed by atoms with E-state index in [-0.39, 0.29) is 24.9 Å². The summed E-state index contributed by atoms with van der Waals surface area (Å²) < 4.78 is 5.37. The van der Waals surface area contributed by atoms with Crippen molar-refractivity contribution in [1.29, 1.82) is 0 Å². The van der Waals surface area contributed by atoms with Crippen LogP contribution in [0.1, 0.15) is 29.8 Å². The van der Waals surface area contributed by atoms with Crippen LogP contribution in [-0.2, 0) is 21.5 Å². The zero-order valence-corrected chi connectivity index (χ0v) is 17.6. The Labute approximate surface area is 180 Å². The number of hydrogen-bond acceptors (Lipinski definition) is 4. The predicted molar refractivity (Wildman–Crippen MR) is 116 cm³/mol. The number of amides is 2. The highest BCUT2D eigenvalue weighted by Gasteiger charge is 2.54. The van der Waals surface area contributed by atoms with Crippen molar-refractivity contribution >= 4 is 22.7 Å². The molecule has 2 atom stereocenters. The summed E-state index contributed by atoms with van der Waals surface area (Å²) in [5.74, 6) is 0.464. The first-order valence-electron chi connectivity index (χ1n) is 10.5. The van der Waals surface area contributed by atoms with Crippen molar-refractivity contribution in [3.63, 3.8) is 0 Å². The number of carbonyl (C=O) groups is 2. The summed E-state index contributed by atoms with van der Waals surface area (Å²) in [6, 6.07) is 15.0. The number of aliphatic hydroxyl groups excluding tert-OH is 1. The third kappa shape index (κ3) is 2.91. The molecule has 2 aromatic carbocycles. The molecule has 3 aromatic rings. The molecule has 2 aliphatic heterocycles. The summed E-state index contributed by atoms with van der Waals surface area (Å²) in [6.45, 7) is 2.33. The predicted octanol–water partition coefficient (Wildman–Crippen LogP) is 2.35. The Bertz CT molecular complexity index is 1170. The summed E-state index contributed by atoms with van der Waals surface area (Å²) in [7, 11) is 1.63. The molecule has 0 spiro atoms. The third-order valence-electron chi connectivity index (χ3n) is 6.63. The third-order valence-corrected chi connectivity index (χ3v) is 6.63. The quantitative estimate of drug-likeness (QED) is 0.680. The molecule has 3 heterocycles. The fraction of sp³-hybridized carbons (Fsp3) is 0.333. The largest absolute Gasteiger partial charge is 0.497 e. The minimum absolute atomic E-state index is 0.0261. The van der Waals surface area contributed by atoms with Crippen molar-refractivity contribution in [1.82, 2.24) is 14.8 Å². The van der Waals surface area contributed by atoms with Crippen LogP contribution in [0.15, 0.2) is 48.5 Å². The van der Waals surface area contributed by atoms with Gasteiger partial charge in [0.15, 0.2) is 5.54 Å². The standard InChI is InChI=1S/C24H25N3O4/c1-24-22-17(18-12-16(31-2)8-9-19(18)25-22)10-11-27(24)21(29)14-26(23(24)30)13-20(28)15-6-4-3-5-7-15/h3-9,12,20,25,28H,10-11,13-14H2,1-2H3/t20-,24+/m0/s1. The Morgan fingerprint density at radius 2 is 1.97 bits per heavy atom. The number of carbonyl (C=O) groups excluding carboxylic acids is 2. The smallest absolute Gasteiger partial charge is 0.255 e. The number of aromatic nitrogens is 1. The molecule has 1 aromatic heterocycles. The topological polar surface area (TPSA) is 85.9 Å². The molecule has 1 saturated heterocycles. The lowest BCUT2D eigenvalue weighted by Gasteiger charge is -2.49. The van der Waals surface area contributed by atoms with E-state index in [0.29, 0.717) is 13.0 Å². The van der Waals surface area contributed by atoms with Gasteiger partial charge in [-0.3, -0.25) is 9.59 Å². The maximum absolute atomic E-state index is 13.7. The van der Waals surface area contributed by atoms with Gasteiger partial charge in [0.2, 0.25) is 5.91 Å². The molecule has 31 heavy (non-hydrogen) atoms. The fourth-order valence-corrected chi connectivity index (χ4v) is 4.97. The molecule has 0 unspecified atom stereocenters. The van der Waals surface area contributed by atoms with Crippen molar-refractivity contribution in [3.8, 4) is 5.75 Å². The van der Waals surface area contributed by atoms with Crippen LogP contribution < -0.4 is 4.74 Å². The number of aliphatic hydroxyl groups is 1. The summed E-state index contributed by atoms with van der Waals surface area (Å²) in [5, 5.41) is 11.7. The van der Waals surface area contributed by atoms with Crippen LogP contribution in [-0.4, -0.2) is 58.4 Å². The molecule has 5 rings (SSSR count). The van der Waals surface area contributed by atoms with Gasteiger partial charge in [0.1, 0.15) is 5.75 Å². The molecular weight excluding hydrogens is 394 g/mol. The summed E-state index contributed by atoms with van der Waals surface area (Å²) in [4.78, 5) is 33.3. The molecule has 0 radical (unpaired) electrons. The van der Waals surface area contributed by atoms with E-state index < -0.39 is 11.6 Å². The number of hydrogen-bond donors (Lipinski definition) is 2. The minimum atomic E-state index is -1.13.